The van der Waals surface area contributed by atoms with Crippen molar-refractivity contribution < 1.29 is 12.8 Å². The van der Waals surface area contributed by atoms with E-state index in [-0.39, 0.29) is 10.8 Å². The van der Waals surface area contributed by atoms with Gasteiger partial charge in [0.05, 0.1) is 10.1 Å². The molecule has 0 heterocycles. The van der Waals surface area contributed by atoms with Crippen LogP contribution in [0, 0.1) is 5.82 Å². The molecule has 1 aliphatic rings. The number of fused-ring (bicyclic) bond motifs is 1. The van der Waals surface area contributed by atoms with E-state index >= 15 is 0 Å². The molecule has 0 fully saturated rings. The predicted molar refractivity (Wildman–Crippen MR) is 114 cm³/mol. The third kappa shape index (κ3) is 3.33. The maximum absolute atomic E-state index is 13.6. The molecule has 0 saturated carbocycles. The summed E-state index contributed by atoms with van der Waals surface area (Å²) in [5.41, 5.74) is 3.94. The summed E-state index contributed by atoms with van der Waals surface area (Å²) >= 11 is 3.41. The fourth-order valence-corrected chi connectivity index (χ4v) is 6.31. The molecule has 3 aromatic rings. The minimum atomic E-state index is -3.69. The van der Waals surface area contributed by atoms with Crippen LogP contribution >= 0.6 is 15.9 Å². The average Bonchev–Trinajstić information content (AvgIpc) is 2.73. The monoisotopic (exact) mass is 456 g/mol. The van der Waals surface area contributed by atoms with Gasteiger partial charge in [-0.2, -0.15) is 0 Å². The highest BCUT2D eigenvalue weighted by Gasteiger charge is 2.41. The van der Waals surface area contributed by atoms with Crippen molar-refractivity contribution in [1.29, 1.82) is 0 Å². The number of hydrogen-bond donors (Lipinski definition) is 0. The van der Waals surface area contributed by atoms with Crippen LogP contribution in [0.25, 0.3) is 5.57 Å². The minimum absolute atomic E-state index is 0.146. The molecule has 0 N–H and O–H groups in total. The van der Waals surface area contributed by atoms with Crippen LogP contribution in [0.1, 0.15) is 29.0 Å². The number of rotatable bonds is 3. The highest BCUT2D eigenvalue weighted by Crippen LogP contribution is 2.46. The maximum atomic E-state index is 13.6. The van der Waals surface area contributed by atoms with Crippen LogP contribution in [0.5, 0.6) is 0 Å². The first-order valence-corrected chi connectivity index (χ1v) is 11.4. The van der Waals surface area contributed by atoms with Crippen LogP contribution in [-0.4, -0.2) is 13.7 Å². The Bertz CT molecular complexity index is 1120. The van der Waals surface area contributed by atoms with E-state index in [1.807, 2.05) is 54.6 Å². The van der Waals surface area contributed by atoms with Crippen LogP contribution in [0.2, 0.25) is 0 Å². The van der Waals surface area contributed by atoms with Gasteiger partial charge in [0.2, 0.25) is 0 Å². The van der Waals surface area contributed by atoms with Gasteiger partial charge in [0.15, 0.2) is 9.84 Å². The Balaban J connectivity index is 1.93. The zero-order chi connectivity index (χ0) is 19.7. The lowest BCUT2D eigenvalue weighted by Gasteiger charge is -2.35. The van der Waals surface area contributed by atoms with Crippen molar-refractivity contribution in [2.75, 3.05) is 0 Å². The van der Waals surface area contributed by atoms with E-state index < -0.39 is 20.9 Å². The molecule has 0 bridgehead atoms. The van der Waals surface area contributed by atoms with Gasteiger partial charge in [-0.05, 0) is 57.9 Å². The van der Waals surface area contributed by atoms with Crippen molar-refractivity contribution >= 4 is 31.3 Å². The fourth-order valence-electron chi connectivity index (χ4n) is 3.95. The Morgan fingerprint density at radius 2 is 1.54 bits per heavy atom. The second-order valence-corrected chi connectivity index (χ2v) is 9.48. The molecule has 2 nitrogen and oxygen atoms in total. The smallest absolute Gasteiger partial charge is 0.182 e. The van der Waals surface area contributed by atoms with E-state index in [0.29, 0.717) is 6.42 Å². The second-order valence-electron chi connectivity index (χ2n) is 6.85. The van der Waals surface area contributed by atoms with E-state index in [1.54, 1.807) is 4.99 Å². The van der Waals surface area contributed by atoms with E-state index in [2.05, 4.69) is 15.9 Å². The van der Waals surface area contributed by atoms with Crippen molar-refractivity contribution in [1.82, 2.24) is 0 Å². The zero-order valence-corrected chi connectivity index (χ0v) is 17.3. The van der Waals surface area contributed by atoms with Gasteiger partial charge in [-0.3, -0.25) is 0 Å². The second kappa shape index (κ2) is 7.64. The number of allylic oxidation sites excluding steroid dienone is 1. The van der Waals surface area contributed by atoms with E-state index in [0.717, 1.165) is 22.3 Å². The fraction of sp³-hybridized carbons (Fsp3) is 0.130. The normalized spacial score (nSPS) is 20.7. The van der Waals surface area contributed by atoms with Gasteiger partial charge in [-0.15, -0.1) is 0 Å². The quantitative estimate of drug-likeness (QED) is 0.457. The molecular weight excluding hydrogens is 439 g/mol. The van der Waals surface area contributed by atoms with Crippen LogP contribution < -0.4 is 0 Å². The molecule has 1 aliphatic carbocycles. The van der Waals surface area contributed by atoms with E-state index in [1.165, 1.54) is 24.3 Å². The first-order chi connectivity index (χ1) is 13.5. The topological polar surface area (TPSA) is 34.1 Å². The highest BCUT2D eigenvalue weighted by molar-refractivity contribution is 9.11. The van der Waals surface area contributed by atoms with Gasteiger partial charge in [0, 0.05) is 5.92 Å². The lowest BCUT2D eigenvalue weighted by atomic mass is 9.77. The summed E-state index contributed by atoms with van der Waals surface area (Å²) in [7, 11) is -3.69. The van der Waals surface area contributed by atoms with E-state index in [4.69, 9.17) is 0 Å². The van der Waals surface area contributed by atoms with Crippen molar-refractivity contribution in [3.05, 3.63) is 106 Å². The molecule has 0 spiro atoms. The molecular formula is C23H18BrFO2S. The summed E-state index contributed by atoms with van der Waals surface area (Å²) in [6.45, 7) is 0. The molecule has 0 unspecified atom stereocenters. The molecule has 28 heavy (non-hydrogen) atoms. The molecule has 142 valence electrons. The third-order valence-corrected chi connectivity index (χ3v) is 7.98. The van der Waals surface area contributed by atoms with Crippen molar-refractivity contribution in [3.8, 4) is 0 Å². The molecule has 0 amide bonds. The molecule has 0 saturated heterocycles. The molecule has 0 radical (unpaired) electrons. The Kier molecular flexibility index (Phi) is 5.21. The van der Waals surface area contributed by atoms with Gasteiger partial charge in [-0.25, -0.2) is 12.8 Å². The molecule has 0 aromatic heterocycles. The van der Waals surface area contributed by atoms with Crippen molar-refractivity contribution in [2.24, 2.45) is 0 Å². The highest BCUT2D eigenvalue weighted by atomic mass is 79.9. The number of sulfone groups is 1. The van der Waals surface area contributed by atoms with Crippen molar-refractivity contribution in [2.45, 2.75) is 22.5 Å². The molecule has 3 aromatic carbocycles. The Labute approximate surface area is 172 Å². The largest absolute Gasteiger partial charge is 0.223 e. The predicted octanol–water partition coefficient (Wildman–Crippen LogP) is 5.94. The van der Waals surface area contributed by atoms with Gasteiger partial charge < -0.3 is 0 Å². The van der Waals surface area contributed by atoms with Crippen molar-refractivity contribution in [3.63, 3.8) is 0 Å². The van der Waals surface area contributed by atoms with Crippen LogP contribution in [0.4, 0.5) is 4.39 Å². The first kappa shape index (κ1) is 19.1. The minimum Gasteiger partial charge on any atom is -0.223 e. The van der Waals surface area contributed by atoms with E-state index in [9.17, 15) is 12.8 Å². The molecule has 4 rings (SSSR count). The SMILES string of the molecule is O=S(=O)(c1ccc(F)cc1)[C@H]1C/C(=C\Br)c2ccccc2[C@@H]1c1ccccc1. The summed E-state index contributed by atoms with van der Waals surface area (Å²) in [6, 6.07) is 22.7. The van der Waals surface area contributed by atoms with Gasteiger partial charge in [-0.1, -0.05) is 70.5 Å². The summed E-state index contributed by atoms with van der Waals surface area (Å²) < 4.78 is 40.5. The molecule has 5 heteroatoms. The first-order valence-electron chi connectivity index (χ1n) is 8.95. The lowest BCUT2D eigenvalue weighted by Crippen LogP contribution is -2.33. The summed E-state index contributed by atoms with van der Waals surface area (Å²) in [6.07, 6.45) is 0.377. The Morgan fingerprint density at radius 1 is 0.893 bits per heavy atom. The third-order valence-electron chi connectivity index (χ3n) is 5.27. The standard InChI is InChI=1S/C23H18BrFO2S/c24-15-17-14-22(28(26,27)19-12-10-18(25)11-13-19)23(16-6-2-1-3-7-16)21-9-5-4-8-20(17)21/h1-13,15,22-23H,14H2/b17-15+/t22-,23-/m0/s1. The van der Waals surface area contributed by atoms with Gasteiger partial charge >= 0.3 is 0 Å². The number of hydrogen-bond acceptors (Lipinski definition) is 2. The Hall–Kier alpha value is -2.24. The van der Waals surface area contributed by atoms with Crippen LogP contribution in [0.3, 0.4) is 0 Å². The Morgan fingerprint density at radius 3 is 2.21 bits per heavy atom. The molecule has 2 atom stereocenters. The number of halogens is 2. The van der Waals surface area contributed by atoms with Crippen LogP contribution in [-0.2, 0) is 9.84 Å². The van der Waals surface area contributed by atoms with Crippen LogP contribution in [0.15, 0.2) is 88.7 Å². The average molecular weight is 457 g/mol. The summed E-state index contributed by atoms with van der Waals surface area (Å²) in [5, 5.41) is -0.681. The zero-order valence-electron chi connectivity index (χ0n) is 14.9. The molecule has 0 aliphatic heterocycles. The maximum Gasteiger partial charge on any atom is 0.182 e. The summed E-state index contributed by atoms with van der Waals surface area (Å²) in [5.74, 6) is -0.753. The summed E-state index contributed by atoms with van der Waals surface area (Å²) in [4.78, 5) is 1.95. The number of benzene rings is 3. The lowest BCUT2D eigenvalue weighted by molar-refractivity contribution is 0.564. The van der Waals surface area contributed by atoms with Gasteiger partial charge in [0.25, 0.3) is 0 Å². The van der Waals surface area contributed by atoms with Gasteiger partial charge in [0.1, 0.15) is 5.82 Å².